The highest BCUT2D eigenvalue weighted by molar-refractivity contribution is 5.25. The number of benzene rings is 1. The van der Waals surface area contributed by atoms with Crippen LogP contribution in [-0.2, 0) is 11.2 Å². The summed E-state index contributed by atoms with van der Waals surface area (Å²) in [6, 6.07) is 11.2. The van der Waals surface area contributed by atoms with Gasteiger partial charge in [-0.2, -0.15) is 0 Å². The van der Waals surface area contributed by atoms with Gasteiger partial charge in [0.25, 0.3) is 0 Å². The van der Waals surface area contributed by atoms with Crippen molar-refractivity contribution >= 4 is 0 Å². The Morgan fingerprint density at radius 3 is 2.47 bits per heavy atom. The summed E-state index contributed by atoms with van der Waals surface area (Å²) >= 11 is 0. The van der Waals surface area contributed by atoms with Crippen molar-refractivity contribution in [2.75, 3.05) is 7.11 Å². The minimum Gasteiger partial charge on any atom is -0.363 e. The molecule has 2 rings (SSSR count). The van der Waals surface area contributed by atoms with Crippen LogP contribution in [0, 0.1) is 5.41 Å². The summed E-state index contributed by atoms with van der Waals surface area (Å²) in [5.41, 5.74) is 1.57. The average molecular weight is 261 g/mol. The lowest BCUT2D eigenvalue weighted by Gasteiger charge is -2.28. The van der Waals surface area contributed by atoms with Gasteiger partial charge < -0.3 is 4.74 Å². The van der Waals surface area contributed by atoms with Crippen molar-refractivity contribution in [2.24, 2.45) is 5.41 Å². The number of rotatable bonds is 7. The highest BCUT2D eigenvalue weighted by Crippen LogP contribution is 2.61. The molecule has 1 aliphatic rings. The topological polar surface area (TPSA) is 21.3 Å². The number of hydrogen-bond acceptors (Lipinski definition) is 2. The number of ether oxygens (including phenoxy) is 1. The van der Waals surface area contributed by atoms with Gasteiger partial charge in [0.2, 0.25) is 0 Å². The fourth-order valence-corrected chi connectivity index (χ4v) is 3.50. The first kappa shape index (κ1) is 14.5. The average Bonchev–Trinajstić information content (AvgIpc) is 2.97. The van der Waals surface area contributed by atoms with Gasteiger partial charge in [-0.1, -0.05) is 43.7 Å². The lowest BCUT2D eigenvalue weighted by Crippen LogP contribution is -2.43. The molecule has 0 spiro atoms. The lowest BCUT2D eigenvalue weighted by atomic mass is 9.90. The predicted octanol–water partition coefficient (Wildman–Crippen LogP) is 3.76. The van der Waals surface area contributed by atoms with Crippen LogP contribution in [0.1, 0.15) is 45.6 Å². The van der Waals surface area contributed by atoms with E-state index >= 15 is 0 Å². The predicted molar refractivity (Wildman–Crippen MR) is 80.1 cm³/mol. The van der Waals surface area contributed by atoms with E-state index in [-0.39, 0.29) is 11.1 Å². The lowest BCUT2D eigenvalue weighted by molar-refractivity contribution is 0.00280. The van der Waals surface area contributed by atoms with Crippen molar-refractivity contribution in [3.8, 4) is 0 Å². The van der Waals surface area contributed by atoms with Crippen molar-refractivity contribution in [3.05, 3.63) is 35.9 Å². The zero-order valence-electron chi connectivity index (χ0n) is 12.7. The van der Waals surface area contributed by atoms with E-state index in [1.807, 2.05) is 7.11 Å². The Bertz CT molecular complexity index is 403. The first-order valence-electron chi connectivity index (χ1n) is 7.44. The van der Waals surface area contributed by atoms with Gasteiger partial charge in [-0.3, -0.25) is 5.32 Å². The third-order valence-corrected chi connectivity index (χ3v) is 4.30. The molecule has 0 radical (unpaired) electrons. The Morgan fingerprint density at radius 1 is 1.26 bits per heavy atom. The van der Waals surface area contributed by atoms with Crippen molar-refractivity contribution in [1.82, 2.24) is 5.32 Å². The molecular formula is C17H27NO. The number of nitrogens with one attached hydrogen (secondary N) is 1. The molecule has 106 valence electrons. The standard InChI is InChI=1S/C17H27NO/c1-5-11-16(12-15-9-7-6-8-10-15)13-17(16,19-4)18-14(2)3/h6-10,14,18H,5,11-13H2,1-4H3. The van der Waals surface area contributed by atoms with Crippen LogP contribution >= 0.6 is 0 Å². The van der Waals surface area contributed by atoms with Crippen LogP contribution in [0.5, 0.6) is 0 Å². The molecule has 2 heteroatoms. The van der Waals surface area contributed by atoms with Crippen molar-refractivity contribution in [3.63, 3.8) is 0 Å². The van der Waals surface area contributed by atoms with Gasteiger partial charge in [0.1, 0.15) is 5.72 Å². The smallest absolute Gasteiger partial charge is 0.125 e. The minimum absolute atomic E-state index is 0.118. The third-order valence-electron chi connectivity index (χ3n) is 4.30. The molecule has 1 saturated carbocycles. The molecule has 19 heavy (non-hydrogen) atoms. The normalized spacial score (nSPS) is 29.7. The van der Waals surface area contributed by atoms with Crippen molar-refractivity contribution < 1.29 is 4.74 Å². The highest BCUT2D eigenvalue weighted by Gasteiger charge is 2.67. The van der Waals surface area contributed by atoms with E-state index in [1.165, 1.54) is 18.4 Å². The van der Waals surface area contributed by atoms with E-state index in [0.29, 0.717) is 6.04 Å². The Balaban J connectivity index is 2.16. The molecule has 0 bridgehead atoms. The minimum atomic E-state index is -0.118. The zero-order valence-corrected chi connectivity index (χ0v) is 12.7. The van der Waals surface area contributed by atoms with Gasteiger partial charge in [-0.25, -0.2) is 0 Å². The van der Waals surface area contributed by atoms with E-state index in [9.17, 15) is 0 Å². The summed E-state index contributed by atoms with van der Waals surface area (Å²) in [5.74, 6) is 0. The van der Waals surface area contributed by atoms with Crippen molar-refractivity contribution in [2.45, 2.75) is 58.2 Å². The first-order chi connectivity index (χ1) is 9.07. The maximum atomic E-state index is 5.89. The van der Waals surface area contributed by atoms with Gasteiger partial charge in [-0.05, 0) is 32.3 Å². The van der Waals surface area contributed by atoms with Crippen LogP contribution in [0.2, 0.25) is 0 Å². The second kappa shape index (κ2) is 5.64. The molecular weight excluding hydrogens is 234 g/mol. The van der Waals surface area contributed by atoms with E-state index < -0.39 is 0 Å². The number of hydrogen-bond donors (Lipinski definition) is 1. The zero-order chi connectivity index (χ0) is 13.9. The summed E-state index contributed by atoms with van der Waals surface area (Å²) < 4.78 is 5.89. The largest absolute Gasteiger partial charge is 0.363 e. The van der Waals surface area contributed by atoms with Crippen LogP contribution in [0.4, 0.5) is 0 Å². The molecule has 0 saturated heterocycles. The summed E-state index contributed by atoms with van der Waals surface area (Å²) in [6.07, 6.45) is 4.65. The quantitative estimate of drug-likeness (QED) is 0.755. The number of methoxy groups -OCH3 is 1. The van der Waals surface area contributed by atoms with Crippen LogP contribution in [0.3, 0.4) is 0 Å². The highest BCUT2D eigenvalue weighted by atomic mass is 16.5. The molecule has 1 aromatic carbocycles. The molecule has 2 atom stereocenters. The molecule has 0 aliphatic heterocycles. The summed E-state index contributed by atoms with van der Waals surface area (Å²) in [6.45, 7) is 6.65. The first-order valence-corrected chi connectivity index (χ1v) is 7.44. The molecule has 1 fully saturated rings. The van der Waals surface area contributed by atoms with Gasteiger partial charge in [0, 0.05) is 25.0 Å². The van der Waals surface area contributed by atoms with Crippen LogP contribution < -0.4 is 5.32 Å². The Labute approximate surface area is 117 Å². The van der Waals surface area contributed by atoms with E-state index in [2.05, 4.69) is 56.4 Å². The van der Waals surface area contributed by atoms with Crippen LogP contribution in [0.15, 0.2) is 30.3 Å². The monoisotopic (exact) mass is 261 g/mol. The van der Waals surface area contributed by atoms with Crippen molar-refractivity contribution in [1.29, 1.82) is 0 Å². The Morgan fingerprint density at radius 2 is 1.95 bits per heavy atom. The van der Waals surface area contributed by atoms with E-state index in [0.717, 1.165) is 12.8 Å². The molecule has 2 nitrogen and oxygen atoms in total. The fourth-order valence-electron chi connectivity index (χ4n) is 3.50. The summed E-state index contributed by atoms with van der Waals surface area (Å²) in [7, 11) is 1.85. The maximum absolute atomic E-state index is 5.89. The van der Waals surface area contributed by atoms with Gasteiger partial charge in [0.05, 0.1) is 0 Å². The Kier molecular flexibility index (Phi) is 4.32. The van der Waals surface area contributed by atoms with Crippen LogP contribution in [-0.4, -0.2) is 18.9 Å². The molecule has 1 aliphatic carbocycles. The van der Waals surface area contributed by atoms with Gasteiger partial charge >= 0.3 is 0 Å². The second-order valence-corrected chi connectivity index (χ2v) is 6.20. The Hall–Kier alpha value is -0.860. The maximum Gasteiger partial charge on any atom is 0.125 e. The fraction of sp³-hybridized carbons (Fsp3) is 0.647. The van der Waals surface area contributed by atoms with Gasteiger partial charge in [0.15, 0.2) is 0 Å². The molecule has 0 amide bonds. The molecule has 1 N–H and O–H groups in total. The molecule has 1 aromatic rings. The van der Waals surface area contributed by atoms with E-state index in [1.54, 1.807) is 0 Å². The molecule has 0 heterocycles. The molecule has 2 unspecified atom stereocenters. The summed E-state index contributed by atoms with van der Waals surface area (Å²) in [5, 5.41) is 3.65. The van der Waals surface area contributed by atoms with Crippen LogP contribution in [0.25, 0.3) is 0 Å². The van der Waals surface area contributed by atoms with E-state index in [4.69, 9.17) is 4.74 Å². The third kappa shape index (κ3) is 2.85. The molecule has 0 aromatic heterocycles. The van der Waals surface area contributed by atoms with Gasteiger partial charge in [-0.15, -0.1) is 0 Å². The summed E-state index contributed by atoms with van der Waals surface area (Å²) in [4.78, 5) is 0. The SMILES string of the molecule is CCCC1(Cc2ccccc2)CC1(NC(C)C)OC. The second-order valence-electron chi connectivity index (χ2n) is 6.20.